The van der Waals surface area contributed by atoms with Crippen LogP contribution in [-0.4, -0.2) is 29.2 Å². The molecule has 0 saturated carbocycles. The van der Waals surface area contributed by atoms with Gasteiger partial charge in [0.05, 0.1) is 31.8 Å². The van der Waals surface area contributed by atoms with Crippen molar-refractivity contribution >= 4 is 5.69 Å². The summed E-state index contributed by atoms with van der Waals surface area (Å²) in [5.74, 6) is 1.46. The van der Waals surface area contributed by atoms with Crippen molar-refractivity contribution in [1.82, 2.24) is 15.0 Å². The number of aromatic nitrogens is 3. The summed E-state index contributed by atoms with van der Waals surface area (Å²) < 4.78 is 12.5. The van der Waals surface area contributed by atoms with Crippen molar-refractivity contribution in [2.24, 2.45) is 0 Å². The largest absolute Gasteiger partial charge is 0.497 e. The van der Waals surface area contributed by atoms with Gasteiger partial charge in [-0.05, 0) is 42.5 Å². The molecule has 0 spiro atoms. The monoisotopic (exact) mass is 296 g/mol. The highest BCUT2D eigenvalue weighted by molar-refractivity contribution is 5.70. The first-order valence-electron chi connectivity index (χ1n) is 6.72. The summed E-state index contributed by atoms with van der Waals surface area (Å²) in [7, 11) is 3.25. The van der Waals surface area contributed by atoms with Gasteiger partial charge in [-0.1, -0.05) is 5.21 Å². The van der Waals surface area contributed by atoms with Gasteiger partial charge in [0.1, 0.15) is 11.5 Å². The molecular weight excluding hydrogens is 280 g/mol. The lowest BCUT2D eigenvalue weighted by Gasteiger charge is -2.12. The minimum Gasteiger partial charge on any atom is -0.497 e. The average Bonchev–Trinajstić information content (AvgIpc) is 3.04. The van der Waals surface area contributed by atoms with E-state index in [1.54, 1.807) is 25.1 Å². The SMILES string of the molecule is COc1ccc(OC)c(-c2cnnn2-c2ccc(N)cc2)c1. The maximum absolute atomic E-state index is 5.73. The Bertz CT molecular complexity index is 781. The molecule has 0 saturated heterocycles. The molecule has 112 valence electrons. The van der Waals surface area contributed by atoms with Gasteiger partial charge < -0.3 is 15.2 Å². The Hall–Kier alpha value is -3.02. The zero-order valence-corrected chi connectivity index (χ0v) is 12.4. The zero-order chi connectivity index (χ0) is 15.5. The fourth-order valence-corrected chi connectivity index (χ4v) is 2.24. The maximum atomic E-state index is 5.73. The number of hydrogen-bond acceptors (Lipinski definition) is 5. The van der Waals surface area contributed by atoms with E-state index in [0.29, 0.717) is 5.69 Å². The van der Waals surface area contributed by atoms with Crippen molar-refractivity contribution in [1.29, 1.82) is 0 Å². The second-order valence-corrected chi connectivity index (χ2v) is 4.69. The molecule has 0 aliphatic heterocycles. The van der Waals surface area contributed by atoms with Crippen LogP contribution in [-0.2, 0) is 0 Å². The number of methoxy groups -OCH3 is 2. The van der Waals surface area contributed by atoms with Crippen LogP contribution in [0.15, 0.2) is 48.7 Å². The third-order valence-corrected chi connectivity index (χ3v) is 3.37. The lowest BCUT2D eigenvalue weighted by Crippen LogP contribution is -2.01. The van der Waals surface area contributed by atoms with E-state index in [2.05, 4.69) is 10.3 Å². The van der Waals surface area contributed by atoms with Crippen LogP contribution >= 0.6 is 0 Å². The summed E-state index contributed by atoms with van der Waals surface area (Å²) in [5, 5.41) is 8.17. The minimum absolute atomic E-state index is 0.698. The number of nitrogen functional groups attached to an aromatic ring is 1. The summed E-state index contributed by atoms with van der Waals surface area (Å²) in [6.07, 6.45) is 1.69. The lowest BCUT2D eigenvalue weighted by atomic mass is 10.1. The van der Waals surface area contributed by atoms with Gasteiger partial charge in [-0.25, -0.2) is 4.68 Å². The van der Waals surface area contributed by atoms with E-state index < -0.39 is 0 Å². The standard InChI is InChI=1S/C16H16N4O2/c1-21-13-7-8-16(22-2)14(9-13)15-10-18-19-20(15)12-5-3-11(17)4-6-12/h3-10H,17H2,1-2H3. The van der Waals surface area contributed by atoms with E-state index >= 15 is 0 Å². The van der Waals surface area contributed by atoms with Gasteiger partial charge in [-0.2, -0.15) is 0 Å². The van der Waals surface area contributed by atoms with E-state index in [9.17, 15) is 0 Å². The van der Waals surface area contributed by atoms with Crippen LogP contribution in [0.1, 0.15) is 0 Å². The molecule has 0 aliphatic rings. The fourth-order valence-electron chi connectivity index (χ4n) is 2.24. The third-order valence-electron chi connectivity index (χ3n) is 3.37. The van der Waals surface area contributed by atoms with Gasteiger partial charge in [0, 0.05) is 11.3 Å². The van der Waals surface area contributed by atoms with Gasteiger partial charge in [0.2, 0.25) is 0 Å². The Kier molecular flexibility index (Phi) is 3.65. The highest BCUT2D eigenvalue weighted by atomic mass is 16.5. The lowest BCUT2D eigenvalue weighted by molar-refractivity contribution is 0.404. The normalized spacial score (nSPS) is 10.5. The summed E-state index contributed by atoms with van der Waals surface area (Å²) in [4.78, 5) is 0. The molecule has 1 heterocycles. The number of nitrogens with two attached hydrogens (primary N) is 1. The predicted molar refractivity (Wildman–Crippen MR) is 84.3 cm³/mol. The smallest absolute Gasteiger partial charge is 0.128 e. The van der Waals surface area contributed by atoms with Crippen LogP contribution < -0.4 is 15.2 Å². The number of ether oxygens (including phenoxy) is 2. The highest BCUT2D eigenvalue weighted by Crippen LogP contribution is 2.33. The van der Waals surface area contributed by atoms with Crippen molar-refractivity contribution < 1.29 is 9.47 Å². The van der Waals surface area contributed by atoms with Gasteiger partial charge in [-0.15, -0.1) is 5.10 Å². The number of benzene rings is 2. The quantitative estimate of drug-likeness (QED) is 0.749. The predicted octanol–water partition coefficient (Wildman–Crippen LogP) is 2.53. The molecule has 0 radical (unpaired) electrons. The van der Waals surface area contributed by atoms with Crippen LogP contribution in [0.2, 0.25) is 0 Å². The Balaban J connectivity index is 2.14. The molecule has 6 nitrogen and oxygen atoms in total. The Morgan fingerprint density at radius 3 is 2.45 bits per heavy atom. The van der Waals surface area contributed by atoms with Gasteiger partial charge in [-0.3, -0.25) is 0 Å². The van der Waals surface area contributed by atoms with E-state index in [0.717, 1.165) is 28.4 Å². The van der Waals surface area contributed by atoms with Crippen molar-refractivity contribution in [2.75, 3.05) is 20.0 Å². The maximum Gasteiger partial charge on any atom is 0.128 e. The van der Waals surface area contributed by atoms with Crippen molar-refractivity contribution in [3.8, 4) is 28.4 Å². The number of hydrogen-bond donors (Lipinski definition) is 1. The third kappa shape index (κ3) is 2.46. The molecule has 3 rings (SSSR count). The van der Waals surface area contributed by atoms with Gasteiger partial charge in [0.25, 0.3) is 0 Å². The second kappa shape index (κ2) is 5.77. The van der Waals surface area contributed by atoms with Gasteiger partial charge in [0.15, 0.2) is 0 Å². The van der Waals surface area contributed by atoms with Crippen molar-refractivity contribution in [2.45, 2.75) is 0 Å². The van der Waals surface area contributed by atoms with Gasteiger partial charge >= 0.3 is 0 Å². The molecule has 6 heteroatoms. The van der Waals surface area contributed by atoms with E-state index in [1.807, 2.05) is 42.5 Å². The Labute approximate surface area is 128 Å². The first-order valence-corrected chi connectivity index (χ1v) is 6.72. The molecule has 2 N–H and O–H groups in total. The fraction of sp³-hybridized carbons (Fsp3) is 0.125. The summed E-state index contributed by atoms with van der Waals surface area (Å²) in [6, 6.07) is 13.0. The molecule has 0 unspecified atom stereocenters. The molecule has 0 fully saturated rings. The molecule has 0 bridgehead atoms. The first kappa shape index (κ1) is 13.9. The Morgan fingerprint density at radius 1 is 1.00 bits per heavy atom. The van der Waals surface area contributed by atoms with Crippen LogP contribution in [0, 0.1) is 0 Å². The molecular formula is C16H16N4O2. The molecule has 1 aromatic heterocycles. The zero-order valence-electron chi connectivity index (χ0n) is 12.4. The molecule has 2 aromatic carbocycles. The molecule has 0 amide bonds. The molecule has 0 aliphatic carbocycles. The average molecular weight is 296 g/mol. The first-order chi connectivity index (χ1) is 10.7. The molecule has 0 atom stereocenters. The Morgan fingerprint density at radius 2 is 1.77 bits per heavy atom. The summed E-state index contributed by atoms with van der Waals surface area (Å²) >= 11 is 0. The van der Waals surface area contributed by atoms with Crippen molar-refractivity contribution in [3.63, 3.8) is 0 Å². The number of nitrogens with zero attached hydrogens (tertiary/aromatic N) is 3. The minimum atomic E-state index is 0.698. The topological polar surface area (TPSA) is 75.2 Å². The van der Waals surface area contributed by atoms with E-state index in [1.165, 1.54) is 0 Å². The number of anilines is 1. The van der Waals surface area contributed by atoms with Crippen LogP contribution in [0.5, 0.6) is 11.5 Å². The van der Waals surface area contributed by atoms with Crippen LogP contribution in [0.4, 0.5) is 5.69 Å². The number of rotatable bonds is 4. The van der Waals surface area contributed by atoms with Crippen LogP contribution in [0.3, 0.4) is 0 Å². The van der Waals surface area contributed by atoms with E-state index in [4.69, 9.17) is 15.2 Å². The van der Waals surface area contributed by atoms with E-state index in [-0.39, 0.29) is 0 Å². The summed E-state index contributed by atoms with van der Waals surface area (Å²) in [6.45, 7) is 0. The van der Waals surface area contributed by atoms with Crippen LogP contribution in [0.25, 0.3) is 16.9 Å². The summed E-state index contributed by atoms with van der Waals surface area (Å²) in [5.41, 5.74) is 8.95. The van der Waals surface area contributed by atoms with Crippen molar-refractivity contribution in [3.05, 3.63) is 48.7 Å². The molecule has 3 aromatic rings. The molecule has 22 heavy (non-hydrogen) atoms. The second-order valence-electron chi connectivity index (χ2n) is 4.69. The highest BCUT2D eigenvalue weighted by Gasteiger charge is 2.14.